The Hall–Kier alpha value is -3.36. The lowest BCUT2D eigenvalue weighted by atomic mass is 10.0. The number of benzene rings is 2. The Labute approximate surface area is 165 Å². The number of hydrogen-bond donors (Lipinski definition) is 0. The molecule has 1 aliphatic rings. The van der Waals surface area contributed by atoms with Crippen molar-refractivity contribution in [1.29, 1.82) is 0 Å². The summed E-state index contributed by atoms with van der Waals surface area (Å²) in [5.41, 5.74) is 0.495. The summed E-state index contributed by atoms with van der Waals surface area (Å²) in [4.78, 5) is 21.2. The molecule has 2 aromatic rings. The van der Waals surface area contributed by atoms with Crippen LogP contribution in [-0.4, -0.2) is 31.8 Å². The summed E-state index contributed by atoms with van der Waals surface area (Å²) in [6.07, 6.45) is -3.06. The molecule has 0 fully saturated rings. The minimum atomic E-state index is -4.43. The van der Waals surface area contributed by atoms with Crippen LogP contribution in [0.5, 0.6) is 0 Å². The third-order valence-corrected chi connectivity index (χ3v) is 3.84. The van der Waals surface area contributed by atoms with Crippen molar-refractivity contribution in [1.82, 2.24) is 0 Å². The molecule has 0 saturated heterocycles. The van der Waals surface area contributed by atoms with Gasteiger partial charge in [0, 0.05) is 0 Å². The second-order valence-electron chi connectivity index (χ2n) is 5.85. The quantitative estimate of drug-likeness (QED) is 0.404. The molecule has 29 heavy (non-hydrogen) atoms. The molecule has 0 bridgehead atoms. The maximum Gasteiger partial charge on any atom is 0.416 e. The molecule has 2 aromatic carbocycles. The predicted molar refractivity (Wildman–Crippen MR) is 100 cm³/mol. The highest BCUT2D eigenvalue weighted by atomic mass is 19.4. The Balaban J connectivity index is 0.000000912. The van der Waals surface area contributed by atoms with E-state index in [9.17, 15) is 18.0 Å². The molecule has 0 N–H and O–H groups in total. The standard InChI is InChI=1S/C19H18F3NO3.CHNO/c1-13(15-9-6-10-16(11-15)19(20,21)22)23-26-12-17(18(24)25-2)14-7-4-3-5-8-14;1-2-3-1/h3-11,17H,12H2,1-2H3;1H. The van der Waals surface area contributed by atoms with E-state index in [1.165, 1.54) is 32.6 Å². The molecule has 0 saturated carbocycles. The zero-order valence-electron chi connectivity index (χ0n) is 15.7. The third-order valence-electron chi connectivity index (χ3n) is 3.84. The van der Waals surface area contributed by atoms with E-state index in [1.54, 1.807) is 24.3 Å². The first-order valence-corrected chi connectivity index (χ1v) is 8.47. The maximum absolute atomic E-state index is 12.8. The first-order chi connectivity index (χ1) is 13.8. The molecule has 1 unspecified atom stereocenters. The van der Waals surface area contributed by atoms with Crippen LogP contribution in [0.15, 0.2) is 64.9 Å². The van der Waals surface area contributed by atoms with Crippen LogP contribution in [0.25, 0.3) is 0 Å². The summed E-state index contributed by atoms with van der Waals surface area (Å²) in [6, 6.07) is 13.7. The number of hydrogen-bond acceptors (Lipinski definition) is 6. The normalized spacial score (nSPS) is 13.5. The van der Waals surface area contributed by atoms with Gasteiger partial charge in [-0.25, -0.2) is 0 Å². The number of carbonyl (C=O) groups is 1. The SMILES string of the molecule is C1=NO1.COC(=O)C(CON=C(C)c1cccc(C(F)(F)F)c1)c1ccccc1. The Morgan fingerprint density at radius 3 is 2.38 bits per heavy atom. The number of methoxy groups -OCH3 is 1. The summed E-state index contributed by atoms with van der Waals surface area (Å²) >= 11 is 0. The van der Waals surface area contributed by atoms with Gasteiger partial charge in [0.1, 0.15) is 12.5 Å². The number of nitrogens with zero attached hydrogens (tertiary/aromatic N) is 2. The van der Waals surface area contributed by atoms with Crippen LogP contribution in [0.4, 0.5) is 13.2 Å². The topological polar surface area (TPSA) is 72.8 Å². The van der Waals surface area contributed by atoms with Crippen LogP contribution in [-0.2, 0) is 25.4 Å². The number of halogens is 3. The van der Waals surface area contributed by atoms with Crippen molar-refractivity contribution < 1.29 is 32.4 Å². The largest absolute Gasteiger partial charge is 0.468 e. The third kappa shape index (κ3) is 7.28. The Morgan fingerprint density at radius 2 is 1.83 bits per heavy atom. The van der Waals surface area contributed by atoms with Crippen molar-refractivity contribution in [3.8, 4) is 0 Å². The van der Waals surface area contributed by atoms with Crippen LogP contribution < -0.4 is 0 Å². The molecule has 3 rings (SSSR count). The van der Waals surface area contributed by atoms with Crippen molar-refractivity contribution in [2.45, 2.75) is 19.0 Å². The fourth-order valence-corrected chi connectivity index (χ4v) is 2.31. The van der Waals surface area contributed by atoms with Gasteiger partial charge >= 0.3 is 12.1 Å². The van der Waals surface area contributed by atoms with Crippen molar-refractivity contribution >= 4 is 18.1 Å². The number of esters is 1. The monoisotopic (exact) mass is 408 g/mol. The molecule has 1 atom stereocenters. The molecule has 1 aliphatic heterocycles. The molecule has 154 valence electrons. The molecule has 0 radical (unpaired) electrons. The van der Waals surface area contributed by atoms with Gasteiger partial charge in [0.05, 0.1) is 18.4 Å². The van der Waals surface area contributed by atoms with E-state index < -0.39 is 23.6 Å². The summed E-state index contributed by atoms with van der Waals surface area (Å²) in [6.45, 7) is 1.44. The smallest absolute Gasteiger partial charge is 0.416 e. The minimum Gasteiger partial charge on any atom is -0.468 e. The van der Waals surface area contributed by atoms with Gasteiger partial charge in [-0.3, -0.25) is 4.79 Å². The molecule has 9 heteroatoms. The van der Waals surface area contributed by atoms with E-state index in [4.69, 9.17) is 9.57 Å². The first-order valence-electron chi connectivity index (χ1n) is 8.47. The van der Waals surface area contributed by atoms with Crippen LogP contribution in [0.3, 0.4) is 0 Å². The summed E-state index contributed by atoms with van der Waals surface area (Å²) < 4.78 is 43.1. The average Bonchev–Trinajstić information content (AvgIpc) is 3.60. The van der Waals surface area contributed by atoms with E-state index in [2.05, 4.69) is 15.1 Å². The lowest BCUT2D eigenvalue weighted by Crippen LogP contribution is -2.19. The Bertz CT molecular complexity index is 864. The molecule has 1 heterocycles. The molecule has 0 aromatic heterocycles. The fraction of sp³-hybridized carbons (Fsp3) is 0.250. The van der Waals surface area contributed by atoms with Crippen LogP contribution >= 0.6 is 0 Å². The number of rotatable bonds is 6. The number of alkyl halides is 3. The van der Waals surface area contributed by atoms with E-state index in [-0.39, 0.29) is 17.9 Å². The van der Waals surface area contributed by atoms with Gasteiger partial charge < -0.3 is 14.4 Å². The van der Waals surface area contributed by atoms with Gasteiger partial charge in [0.25, 0.3) is 0 Å². The molecular formula is C20H19F3N2O4. The predicted octanol–water partition coefficient (Wildman–Crippen LogP) is 4.36. The van der Waals surface area contributed by atoms with E-state index in [1.807, 2.05) is 6.07 Å². The van der Waals surface area contributed by atoms with Gasteiger partial charge in [0.15, 0.2) is 0 Å². The molecular weight excluding hydrogens is 389 g/mol. The molecule has 0 aliphatic carbocycles. The zero-order valence-corrected chi connectivity index (χ0v) is 15.7. The Morgan fingerprint density at radius 1 is 1.17 bits per heavy atom. The van der Waals surface area contributed by atoms with Gasteiger partial charge in [-0.2, -0.15) is 13.2 Å². The molecule has 0 spiro atoms. The highest BCUT2D eigenvalue weighted by Crippen LogP contribution is 2.29. The second-order valence-corrected chi connectivity index (χ2v) is 5.85. The lowest BCUT2D eigenvalue weighted by molar-refractivity contribution is -0.144. The summed E-state index contributed by atoms with van der Waals surface area (Å²) in [7, 11) is 1.27. The number of oxime groups is 2. The second kappa shape index (κ2) is 10.3. The van der Waals surface area contributed by atoms with Crippen molar-refractivity contribution in [3.63, 3.8) is 0 Å². The van der Waals surface area contributed by atoms with Crippen molar-refractivity contribution in [2.75, 3.05) is 13.7 Å². The maximum atomic E-state index is 12.8. The molecule has 6 nitrogen and oxygen atoms in total. The average molecular weight is 408 g/mol. The zero-order chi connectivity index (χ0) is 21.3. The molecule has 0 amide bonds. The minimum absolute atomic E-state index is 0.0903. The number of carbonyl (C=O) groups excluding carboxylic acids is 1. The van der Waals surface area contributed by atoms with Gasteiger partial charge in [0.2, 0.25) is 6.40 Å². The van der Waals surface area contributed by atoms with E-state index in [0.717, 1.165) is 12.1 Å². The van der Waals surface area contributed by atoms with Gasteiger partial charge in [-0.15, -0.1) is 0 Å². The van der Waals surface area contributed by atoms with Crippen LogP contribution in [0, 0.1) is 0 Å². The summed E-state index contributed by atoms with van der Waals surface area (Å²) in [5.74, 6) is -1.16. The highest BCUT2D eigenvalue weighted by Gasteiger charge is 2.30. The van der Waals surface area contributed by atoms with Gasteiger partial charge in [-0.05, 0) is 35.3 Å². The van der Waals surface area contributed by atoms with E-state index >= 15 is 0 Å². The fourth-order valence-electron chi connectivity index (χ4n) is 2.31. The Kier molecular flexibility index (Phi) is 7.76. The van der Waals surface area contributed by atoms with Crippen molar-refractivity contribution in [3.05, 3.63) is 71.3 Å². The van der Waals surface area contributed by atoms with Crippen LogP contribution in [0.2, 0.25) is 0 Å². The van der Waals surface area contributed by atoms with Gasteiger partial charge in [-0.1, -0.05) is 47.6 Å². The summed E-state index contributed by atoms with van der Waals surface area (Å²) in [5, 5.41) is 6.97. The first kappa shape index (κ1) is 21.9. The lowest BCUT2D eigenvalue weighted by Gasteiger charge is -2.14. The number of ether oxygens (including phenoxy) is 1. The van der Waals surface area contributed by atoms with Crippen molar-refractivity contribution in [2.24, 2.45) is 10.3 Å². The highest BCUT2D eigenvalue weighted by molar-refractivity contribution is 5.98. The van der Waals surface area contributed by atoms with E-state index in [0.29, 0.717) is 5.56 Å². The van der Waals surface area contributed by atoms with Crippen LogP contribution in [0.1, 0.15) is 29.5 Å².